The number of pyridine rings is 1. The van der Waals surface area contributed by atoms with Crippen molar-refractivity contribution < 1.29 is 4.79 Å². The number of anilines is 1. The summed E-state index contributed by atoms with van der Waals surface area (Å²) in [4.78, 5) is 24.6. The minimum absolute atomic E-state index is 0.188. The van der Waals surface area contributed by atoms with Crippen LogP contribution in [0.4, 0.5) is 5.69 Å². The van der Waals surface area contributed by atoms with Crippen LogP contribution in [0.2, 0.25) is 5.02 Å². The van der Waals surface area contributed by atoms with E-state index in [1.165, 1.54) is 16.7 Å². The molecule has 5 heteroatoms. The van der Waals surface area contributed by atoms with Crippen molar-refractivity contribution in [2.75, 3.05) is 5.32 Å². The number of amides is 1. The second-order valence-corrected chi connectivity index (χ2v) is 6.15. The predicted octanol–water partition coefficient (Wildman–Crippen LogP) is 4.11. The van der Waals surface area contributed by atoms with E-state index in [0.717, 1.165) is 16.8 Å². The Morgan fingerprint density at radius 3 is 2.52 bits per heavy atom. The maximum atomic E-state index is 12.5. The number of aromatic nitrogens is 1. The lowest BCUT2D eigenvalue weighted by atomic mass is 10.2. The Kier molecular flexibility index (Phi) is 5.00. The van der Waals surface area contributed by atoms with Gasteiger partial charge in [-0.25, -0.2) is 0 Å². The van der Waals surface area contributed by atoms with E-state index < -0.39 is 0 Å². The van der Waals surface area contributed by atoms with Crippen LogP contribution in [0.1, 0.15) is 21.5 Å². The standard InChI is InChI=1S/C20H17ClN2O2/c1-14-6-2-5-9-18(14)22-20(25)16-10-11-19(24)23(13-16)12-15-7-3-4-8-17(15)21/h2-11,13H,12H2,1H3,(H,22,25). The number of hydrogen-bond acceptors (Lipinski definition) is 2. The number of para-hydroxylation sites is 1. The number of halogens is 1. The lowest BCUT2D eigenvalue weighted by Crippen LogP contribution is -2.22. The smallest absolute Gasteiger partial charge is 0.257 e. The predicted molar refractivity (Wildman–Crippen MR) is 100 cm³/mol. The third kappa shape index (κ3) is 3.98. The van der Waals surface area contributed by atoms with Gasteiger partial charge in [-0.3, -0.25) is 9.59 Å². The number of carbonyl (C=O) groups excluding carboxylic acids is 1. The van der Waals surface area contributed by atoms with Crippen molar-refractivity contribution in [2.24, 2.45) is 0 Å². The molecule has 1 amide bonds. The molecule has 0 atom stereocenters. The number of nitrogens with one attached hydrogen (secondary N) is 1. The molecule has 1 aromatic heterocycles. The van der Waals surface area contributed by atoms with Crippen molar-refractivity contribution in [1.82, 2.24) is 4.57 Å². The van der Waals surface area contributed by atoms with Gasteiger partial charge in [-0.05, 0) is 36.2 Å². The van der Waals surface area contributed by atoms with Crippen molar-refractivity contribution in [1.29, 1.82) is 0 Å². The summed E-state index contributed by atoms with van der Waals surface area (Å²) in [7, 11) is 0. The molecule has 0 aliphatic carbocycles. The maximum absolute atomic E-state index is 12.5. The Morgan fingerprint density at radius 2 is 1.76 bits per heavy atom. The largest absolute Gasteiger partial charge is 0.322 e. The lowest BCUT2D eigenvalue weighted by Gasteiger charge is -2.11. The SMILES string of the molecule is Cc1ccccc1NC(=O)c1ccc(=O)n(Cc2ccccc2Cl)c1. The molecule has 0 aliphatic rings. The molecule has 2 aromatic carbocycles. The van der Waals surface area contributed by atoms with Crippen molar-refractivity contribution in [3.8, 4) is 0 Å². The van der Waals surface area contributed by atoms with E-state index >= 15 is 0 Å². The van der Waals surface area contributed by atoms with Crippen molar-refractivity contribution in [2.45, 2.75) is 13.5 Å². The lowest BCUT2D eigenvalue weighted by molar-refractivity contribution is 0.102. The monoisotopic (exact) mass is 352 g/mol. The molecule has 4 nitrogen and oxygen atoms in total. The van der Waals surface area contributed by atoms with Crippen molar-refractivity contribution >= 4 is 23.2 Å². The average Bonchev–Trinajstić information content (AvgIpc) is 2.60. The molecule has 0 bridgehead atoms. The summed E-state index contributed by atoms with van der Waals surface area (Å²) in [6.07, 6.45) is 1.55. The van der Waals surface area contributed by atoms with Gasteiger partial charge in [0.25, 0.3) is 11.5 Å². The summed E-state index contributed by atoms with van der Waals surface area (Å²) in [5.41, 5.74) is 2.77. The van der Waals surface area contributed by atoms with Gasteiger partial charge in [0, 0.05) is 23.0 Å². The van der Waals surface area contributed by atoms with E-state index in [9.17, 15) is 9.59 Å². The molecule has 3 aromatic rings. The highest BCUT2D eigenvalue weighted by Gasteiger charge is 2.10. The summed E-state index contributed by atoms with van der Waals surface area (Å²) < 4.78 is 1.48. The zero-order chi connectivity index (χ0) is 17.8. The minimum Gasteiger partial charge on any atom is -0.322 e. The molecule has 0 fully saturated rings. The normalized spacial score (nSPS) is 10.5. The Bertz CT molecular complexity index is 979. The average molecular weight is 353 g/mol. The van der Waals surface area contributed by atoms with Crippen LogP contribution in [0.5, 0.6) is 0 Å². The zero-order valence-electron chi connectivity index (χ0n) is 13.7. The van der Waals surface area contributed by atoms with Gasteiger partial charge in [-0.1, -0.05) is 48.0 Å². The fourth-order valence-electron chi connectivity index (χ4n) is 2.51. The molecular formula is C20H17ClN2O2. The Labute approximate surface area is 150 Å². The van der Waals surface area contributed by atoms with Crippen LogP contribution >= 0.6 is 11.6 Å². The molecule has 0 aliphatic heterocycles. The van der Waals surface area contributed by atoms with Crippen LogP contribution in [0.3, 0.4) is 0 Å². The van der Waals surface area contributed by atoms with Gasteiger partial charge in [0.1, 0.15) is 0 Å². The van der Waals surface area contributed by atoms with Gasteiger partial charge < -0.3 is 9.88 Å². The number of carbonyl (C=O) groups is 1. The molecule has 0 saturated carbocycles. The Hall–Kier alpha value is -2.85. The van der Waals surface area contributed by atoms with Crippen molar-refractivity contribution in [3.05, 3.63) is 98.9 Å². The van der Waals surface area contributed by atoms with Crippen LogP contribution in [-0.4, -0.2) is 10.5 Å². The number of rotatable bonds is 4. The topological polar surface area (TPSA) is 51.1 Å². The first-order chi connectivity index (χ1) is 12.0. The number of aryl methyl sites for hydroxylation is 1. The van der Waals surface area contributed by atoms with Gasteiger partial charge in [-0.15, -0.1) is 0 Å². The Balaban J connectivity index is 1.86. The first kappa shape index (κ1) is 17.0. The van der Waals surface area contributed by atoms with E-state index in [1.54, 1.807) is 12.3 Å². The highest BCUT2D eigenvalue weighted by molar-refractivity contribution is 6.31. The number of hydrogen-bond donors (Lipinski definition) is 1. The van der Waals surface area contributed by atoms with Crippen LogP contribution in [-0.2, 0) is 6.54 Å². The fraction of sp³-hybridized carbons (Fsp3) is 0.100. The summed E-state index contributed by atoms with van der Waals surface area (Å²) in [6.45, 7) is 2.23. The van der Waals surface area contributed by atoms with Gasteiger partial charge in [0.2, 0.25) is 0 Å². The fourth-order valence-corrected chi connectivity index (χ4v) is 2.70. The molecule has 3 rings (SSSR count). The molecule has 1 heterocycles. The second kappa shape index (κ2) is 7.36. The summed E-state index contributed by atoms with van der Waals surface area (Å²) in [6, 6.07) is 17.8. The number of benzene rings is 2. The van der Waals surface area contributed by atoms with E-state index in [2.05, 4.69) is 5.32 Å². The number of nitrogens with zero attached hydrogens (tertiary/aromatic N) is 1. The van der Waals surface area contributed by atoms with E-state index in [0.29, 0.717) is 17.1 Å². The van der Waals surface area contributed by atoms with Crippen LogP contribution < -0.4 is 10.9 Å². The van der Waals surface area contributed by atoms with Crippen molar-refractivity contribution in [3.63, 3.8) is 0 Å². The molecule has 0 spiro atoms. The molecule has 25 heavy (non-hydrogen) atoms. The molecule has 0 radical (unpaired) electrons. The first-order valence-electron chi connectivity index (χ1n) is 7.85. The zero-order valence-corrected chi connectivity index (χ0v) is 14.5. The van der Waals surface area contributed by atoms with Crippen LogP contribution in [0.15, 0.2) is 71.7 Å². The second-order valence-electron chi connectivity index (χ2n) is 5.74. The Morgan fingerprint density at radius 1 is 1.04 bits per heavy atom. The van der Waals surface area contributed by atoms with Gasteiger partial charge in [0.15, 0.2) is 0 Å². The van der Waals surface area contributed by atoms with Crippen LogP contribution in [0, 0.1) is 6.92 Å². The van der Waals surface area contributed by atoms with Gasteiger partial charge in [-0.2, -0.15) is 0 Å². The van der Waals surface area contributed by atoms with E-state index in [4.69, 9.17) is 11.6 Å². The quantitative estimate of drug-likeness (QED) is 0.768. The first-order valence-corrected chi connectivity index (χ1v) is 8.23. The summed E-state index contributed by atoms with van der Waals surface area (Å²) >= 11 is 6.16. The third-order valence-corrected chi connectivity index (χ3v) is 4.31. The van der Waals surface area contributed by atoms with Gasteiger partial charge in [0.05, 0.1) is 12.1 Å². The molecule has 0 unspecified atom stereocenters. The highest BCUT2D eigenvalue weighted by atomic mass is 35.5. The highest BCUT2D eigenvalue weighted by Crippen LogP contribution is 2.17. The third-order valence-electron chi connectivity index (χ3n) is 3.94. The molecular weight excluding hydrogens is 336 g/mol. The summed E-state index contributed by atoms with van der Waals surface area (Å²) in [5, 5.41) is 3.46. The minimum atomic E-state index is -0.262. The maximum Gasteiger partial charge on any atom is 0.257 e. The molecule has 126 valence electrons. The van der Waals surface area contributed by atoms with Crippen LogP contribution in [0.25, 0.3) is 0 Å². The van der Waals surface area contributed by atoms with Gasteiger partial charge >= 0.3 is 0 Å². The van der Waals surface area contributed by atoms with E-state index in [1.807, 2.05) is 49.4 Å². The molecule has 1 N–H and O–H groups in total. The molecule has 0 saturated heterocycles. The summed E-state index contributed by atoms with van der Waals surface area (Å²) in [5.74, 6) is -0.262. The van der Waals surface area contributed by atoms with E-state index in [-0.39, 0.29) is 11.5 Å².